The maximum Gasteiger partial charge on any atom is 0.133 e. The zero-order valence-electron chi connectivity index (χ0n) is 12.0. The number of nitrogens with zero attached hydrogens (tertiary/aromatic N) is 3. The number of pyridine rings is 1. The number of rotatable bonds is 2. The van der Waals surface area contributed by atoms with Crippen LogP contribution in [0.25, 0.3) is 23.2 Å². The van der Waals surface area contributed by atoms with E-state index in [1.54, 1.807) is 6.20 Å². The summed E-state index contributed by atoms with van der Waals surface area (Å²) in [6.07, 6.45) is 5.79. The normalized spacial score (nSPS) is 11.6. The molecule has 0 radical (unpaired) electrons. The molecule has 0 saturated carbocycles. The molecule has 0 fully saturated rings. The van der Waals surface area contributed by atoms with E-state index in [0.29, 0.717) is 0 Å². The largest absolute Gasteiger partial charge is 0.328 e. The molecule has 0 unspecified atom stereocenters. The average molecular weight is 263 g/mol. The fraction of sp³-hybridized carbons (Fsp3) is 0.176. The number of hydrogen-bond donors (Lipinski definition) is 0. The van der Waals surface area contributed by atoms with Gasteiger partial charge >= 0.3 is 0 Å². The molecule has 0 spiro atoms. The lowest BCUT2D eigenvalue weighted by atomic mass is 10.1. The summed E-state index contributed by atoms with van der Waals surface area (Å²) in [5, 5.41) is 0. The topological polar surface area (TPSA) is 30.7 Å². The van der Waals surface area contributed by atoms with E-state index >= 15 is 0 Å². The first kappa shape index (κ1) is 12.6. The Bertz CT molecular complexity index is 783. The zero-order valence-corrected chi connectivity index (χ0v) is 12.0. The van der Waals surface area contributed by atoms with Crippen LogP contribution in [0.1, 0.15) is 22.6 Å². The predicted molar refractivity (Wildman–Crippen MR) is 83.4 cm³/mol. The third kappa shape index (κ3) is 2.23. The van der Waals surface area contributed by atoms with Crippen LogP contribution in [-0.2, 0) is 7.05 Å². The highest BCUT2D eigenvalue weighted by Crippen LogP contribution is 2.20. The van der Waals surface area contributed by atoms with Crippen LogP contribution in [0.15, 0.2) is 36.5 Å². The molecule has 1 aromatic carbocycles. The van der Waals surface area contributed by atoms with Gasteiger partial charge in [0, 0.05) is 13.2 Å². The molecular weight excluding hydrogens is 246 g/mol. The second-order valence-electron chi connectivity index (χ2n) is 5.04. The summed E-state index contributed by atoms with van der Waals surface area (Å²) in [6.45, 7) is 4.25. The van der Waals surface area contributed by atoms with E-state index in [1.807, 2.05) is 37.4 Å². The first-order valence-corrected chi connectivity index (χ1v) is 6.68. The van der Waals surface area contributed by atoms with Crippen molar-refractivity contribution in [1.29, 1.82) is 0 Å². The van der Waals surface area contributed by atoms with Crippen LogP contribution in [0.5, 0.6) is 0 Å². The summed E-state index contributed by atoms with van der Waals surface area (Å²) in [6, 6.07) is 10.2. The van der Waals surface area contributed by atoms with Crippen molar-refractivity contribution in [3.8, 4) is 0 Å². The molecule has 100 valence electrons. The number of hydrogen-bond acceptors (Lipinski definition) is 2. The number of benzene rings is 1. The van der Waals surface area contributed by atoms with Gasteiger partial charge in [0.1, 0.15) is 5.82 Å². The van der Waals surface area contributed by atoms with Crippen molar-refractivity contribution >= 4 is 23.2 Å². The molecule has 0 saturated heterocycles. The first-order valence-electron chi connectivity index (χ1n) is 6.68. The third-order valence-corrected chi connectivity index (χ3v) is 3.62. The predicted octanol–water partition coefficient (Wildman–Crippen LogP) is 3.76. The maximum atomic E-state index is 4.68. The molecule has 3 heteroatoms. The molecule has 2 aromatic heterocycles. The number of imidazole rings is 1. The highest BCUT2D eigenvalue weighted by molar-refractivity contribution is 5.81. The van der Waals surface area contributed by atoms with E-state index in [4.69, 9.17) is 0 Å². The van der Waals surface area contributed by atoms with Gasteiger partial charge in [0.05, 0.1) is 16.7 Å². The van der Waals surface area contributed by atoms with Gasteiger partial charge in [-0.1, -0.05) is 6.07 Å². The lowest BCUT2D eigenvalue weighted by Crippen LogP contribution is -1.91. The SMILES string of the molecule is Cc1cc2nc(/C=C/c3ccccn3)n(C)c2cc1C. The van der Waals surface area contributed by atoms with Gasteiger partial charge in [0.25, 0.3) is 0 Å². The molecule has 0 aliphatic heterocycles. The van der Waals surface area contributed by atoms with Crippen LogP contribution < -0.4 is 0 Å². The molecule has 0 aliphatic carbocycles. The Balaban J connectivity index is 2.04. The van der Waals surface area contributed by atoms with Crippen LogP contribution in [0, 0.1) is 13.8 Å². The number of fused-ring (bicyclic) bond motifs is 1. The van der Waals surface area contributed by atoms with Crippen molar-refractivity contribution in [3.05, 3.63) is 59.2 Å². The van der Waals surface area contributed by atoms with Crippen LogP contribution in [-0.4, -0.2) is 14.5 Å². The standard InChI is InChI=1S/C17H17N3/c1-12-10-15-16(11-13(12)2)20(3)17(19-15)8-7-14-6-4-5-9-18-14/h4-11H,1-3H3/b8-7+. The van der Waals surface area contributed by atoms with Gasteiger partial charge in [0.2, 0.25) is 0 Å². The van der Waals surface area contributed by atoms with E-state index in [1.165, 1.54) is 11.1 Å². The van der Waals surface area contributed by atoms with E-state index in [2.05, 4.69) is 40.5 Å². The van der Waals surface area contributed by atoms with Gasteiger partial charge < -0.3 is 4.57 Å². The summed E-state index contributed by atoms with van der Waals surface area (Å²) in [5.74, 6) is 0.940. The van der Waals surface area contributed by atoms with Gasteiger partial charge in [0.15, 0.2) is 0 Å². The molecular formula is C17H17N3. The van der Waals surface area contributed by atoms with E-state index < -0.39 is 0 Å². The van der Waals surface area contributed by atoms with E-state index in [9.17, 15) is 0 Å². The van der Waals surface area contributed by atoms with Crippen molar-refractivity contribution in [3.63, 3.8) is 0 Å². The summed E-state index contributed by atoms with van der Waals surface area (Å²) in [5.41, 5.74) is 5.70. The van der Waals surface area contributed by atoms with E-state index in [0.717, 1.165) is 22.6 Å². The minimum atomic E-state index is 0.937. The van der Waals surface area contributed by atoms with Crippen LogP contribution in [0.3, 0.4) is 0 Å². The quantitative estimate of drug-likeness (QED) is 0.705. The number of aromatic nitrogens is 3. The second-order valence-corrected chi connectivity index (χ2v) is 5.04. The lowest BCUT2D eigenvalue weighted by molar-refractivity contribution is 0.930. The van der Waals surface area contributed by atoms with Gasteiger partial charge in [-0.15, -0.1) is 0 Å². The Morgan fingerprint density at radius 3 is 2.60 bits per heavy atom. The molecule has 0 bridgehead atoms. The molecule has 2 heterocycles. The minimum Gasteiger partial charge on any atom is -0.328 e. The van der Waals surface area contributed by atoms with Crippen molar-refractivity contribution in [1.82, 2.24) is 14.5 Å². The van der Waals surface area contributed by atoms with Gasteiger partial charge in [-0.05, 0) is 61.4 Å². The lowest BCUT2D eigenvalue weighted by Gasteiger charge is -2.01. The van der Waals surface area contributed by atoms with Crippen molar-refractivity contribution < 1.29 is 0 Å². The molecule has 3 aromatic rings. The summed E-state index contributed by atoms with van der Waals surface area (Å²) < 4.78 is 2.11. The molecule has 3 rings (SSSR count). The third-order valence-electron chi connectivity index (χ3n) is 3.62. The highest BCUT2D eigenvalue weighted by Gasteiger charge is 2.06. The van der Waals surface area contributed by atoms with Crippen LogP contribution in [0.4, 0.5) is 0 Å². The fourth-order valence-electron chi connectivity index (χ4n) is 2.25. The molecule has 0 atom stereocenters. The summed E-state index contributed by atoms with van der Waals surface area (Å²) in [7, 11) is 2.04. The van der Waals surface area contributed by atoms with Crippen LogP contribution >= 0.6 is 0 Å². The van der Waals surface area contributed by atoms with E-state index in [-0.39, 0.29) is 0 Å². The summed E-state index contributed by atoms with van der Waals surface area (Å²) >= 11 is 0. The zero-order chi connectivity index (χ0) is 14.1. The Kier molecular flexibility index (Phi) is 3.11. The van der Waals surface area contributed by atoms with Crippen molar-refractivity contribution in [2.24, 2.45) is 7.05 Å². The van der Waals surface area contributed by atoms with Crippen molar-refractivity contribution in [2.75, 3.05) is 0 Å². The van der Waals surface area contributed by atoms with Crippen molar-refractivity contribution in [2.45, 2.75) is 13.8 Å². The monoisotopic (exact) mass is 263 g/mol. The Morgan fingerprint density at radius 1 is 1.05 bits per heavy atom. The summed E-state index contributed by atoms with van der Waals surface area (Å²) in [4.78, 5) is 8.96. The molecule has 20 heavy (non-hydrogen) atoms. The van der Waals surface area contributed by atoms with Gasteiger partial charge in [-0.25, -0.2) is 4.98 Å². The molecule has 0 N–H and O–H groups in total. The minimum absolute atomic E-state index is 0.937. The Morgan fingerprint density at radius 2 is 1.85 bits per heavy atom. The molecule has 0 aliphatic rings. The Hall–Kier alpha value is -2.42. The average Bonchev–Trinajstić information content (AvgIpc) is 2.75. The smallest absolute Gasteiger partial charge is 0.133 e. The maximum absolute atomic E-state index is 4.68. The van der Waals surface area contributed by atoms with Gasteiger partial charge in [-0.3, -0.25) is 4.98 Å². The van der Waals surface area contributed by atoms with Crippen LogP contribution in [0.2, 0.25) is 0 Å². The first-order chi connectivity index (χ1) is 9.65. The molecule has 0 amide bonds. The number of aryl methyl sites for hydroxylation is 3. The Labute approximate surface area is 118 Å². The fourth-order valence-corrected chi connectivity index (χ4v) is 2.25. The van der Waals surface area contributed by atoms with Gasteiger partial charge in [-0.2, -0.15) is 0 Å². The second kappa shape index (κ2) is 4.93. The highest BCUT2D eigenvalue weighted by atomic mass is 15.1. The molecule has 3 nitrogen and oxygen atoms in total.